The first kappa shape index (κ1) is 15.1. The van der Waals surface area contributed by atoms with Gasteiger partial charge in [-0.05, 0) is 24.6 Å². The number of carbonyl (C=O) groups excluding carboxylic acids is 1. The fraction of sp³-hybridized carbons (Fsp3) is 0.118. The maximum Gasteiger partial charge on any atom is 0.250 e. The molecule has 21 heavy (non-hydrogen) atoms. The Kier molecular flexibility index (Phi) is 5.41. The number of benzene rings is 2. The van der Waals surface area contributed by atoms with Gasteiger partial charge in [-0.1, -0.05) is 54.1 Å². The third kappa shape index (κ3) is 4.97. The second-order valence-corrected chi connectivity index (χ2v) is 5.04. The van der Waals surface area contributed by atoms with Crippen LogP contribution >= 0.6 is 11.6 Å². The van der Waals surface area contributed by atoms with Gasteiger partial charge in [-0.3, -0.25) is 4.79 Å². The van der Waals surface area contributed by atoms with Crippen molar-refractivity contribution in [2.45, 2.75) is 13.5 Å². The van der Waals surface area contributed by atoms with Crippen LogP contribution in [-0.2, 0) is 11.3 Å². The average molecular weight is 301 g/mol. The minimum atomic E-state index is -0.207. The lowest BCUT2D eigenvalue weighted by molar-refractivity contribution is -0.112. The van der Waals surface area contributed by atoms with E-state index in [-0.39, 0.29) is 5.91 Å². The van der Waals surface area contributed by atoms with Crippen LogP contribution in [0.3, 0.4) is 0 Å². The molecule has 0 radical (unpaired) electrons. The molecular formula is C17H17ClN2O. The van der Waals surface area contributed by atoms with Gasteiger partial charge in [-0.2, -0.15) is 0 Å². The lowest BCUT2D eigenvalue weighted by Gasteiger charge is -2.08. The normalized spacial score (nSPS) is 11.0. The van der Waals surface area contributed by atoms with Gasteiger partial charge in [0.25, 0.3) is 0 Å². The summed E-state index contributed by atoms with van der Waals surface area (Å²) >= 11 is 6.00. The van der Waals surface area contributed by atoms with Gasteiger partial charge < -0.3 is 10.6 Å². The zero-order chi connectivity index (χ0) is 15.1. The molecule has 1 amide bonds. The third-order valence-corrected chi connectivity index (χ3v) is 3.22. The topological polar surface area (TPSA) is 41.1 Å². The van der Waals surface area contributed by atoms with E-state index < -0.39 is 0 Å². The fourth-order valence-electron chi connectivity index (χ4n) is 1.82. The van der Waals surface area contributed by atoms with Crippen LogP contribution in [0.1, 0.15) is 12.5 Å². The highest BCUT2D eigenvalue weighted by molar-refractivity contribution is 6.33. The van der Waals surface area contributed by atoms with Gasteiger partial charge in [0, 0.05) is 18.3 Å². The summed E-state index contributed by atoms with van der Waals surface area (Å²) in [6.45, 7) is 2.54. The van der Waals surface area contributed by atoms with Gasteiger partial charge in [0.05, 0.1) is 10.7 Å². The van der Waals surface area contributed by atoms with Gasteiger partial charge in [-0.25, -0.2) is 0 Å². The molecule has 4 heteroatoms. The molecule has 0 unspecified atom stereocenters. The number of hydrogen-bond donors (Lipinski definition) is 2. The Morgan fingerprint density at radius 2 is 1.76 bits per heavy atom. The van der Waals surface area contributed by atoms with E-state index in [1.165, 1.54) is 6.08 Å². The van der Waals surface area contributed by atoms with Crippen LogP contribution in [0.25, 0.3) is 0 Å². The van der Waals surface area contributed by atoms with Crippen molar-refractivity contribution in [3.63, 3.8) is 0 Å². The van der Waals surface area contributed by atoms with E-state index in [9.17, 15) is 4.79 Å². The first-order valence-corrected chi connectivity index (χ1v) is 7.04. The molecule has 0 aliphatic carbocycles. The summed E-state index contributed by atoms with van der Waals surface area (Å²) in [5.41, 5.74) is 2.57. The van der Waals surface area contributed by atoms with E-state index in [0.29, 0.717) is 17.3 Å². The van der Waals surface area contributed by atoms with E-state index >= 15 is 0 Å². The van der Waals surface area contributed by atoms with Gasteiger partial charge >= 0.3 is 0 Å². The molecule has 0 heterocycles. The van der Waals surface area contributed by atoms with E-state index in [1.807, 2.05) is 49.4 Å². The molecule has 0 bridgehead atoms. The molecular weight excluding hydrogens is 284 g/mol. The van der Waals surface area contributed by atoms with E-state index in [1.54, 1.807) is 12.1 Å². The number of halogens is 1. The van der Waals surface area contributed by atoms with E-state index in [4.69, 9.17) is 11.6 Å². The molecule has 0 aliphatic rings. The van der Waals surface area contributed by atoms with Crippen LogP contribution in [0.2, 0.25) is 5.02 Å². The Bertz CT molecular complexity index is 638. The Morgan fingerprint density at radius 3 is 2.48 bits per heavy atom. The fourth-order valence-corrected chi connectivity index (χ4v) is 2.00. The summed E-state index contributed by atoms with van der Waals surface area (Å²) in [6.07, 6.45) is 1.52. The van der Waals surface area contributed by atoms with Crippen molar-refractivity contribution in [2.24, 2.45) is 0 Å². The summed E-state index contributed by atoms with van der Waals surface area (Å²) in [4.78, 5) is 11.9. The molecule has 3 nitrogen and oxygen atoms in total. The second-order valence-electron chi connectivity index (χ2n) is 4.64. The number of carbonyl (C=O) groups is 1. The second kappa shape index (κ2) is 7.50. The largest absolute Gasteiger partial charge is 0.384 e. The van der Waals surface area contributed by atoms with Crippen LogP contribution in [0, 0.1) is 0 Å². The standard InChI is InChI=1S/C17H17ClN2O/c1-13(19-12-14-7-3-2-4-8-14)11-17(21)20-16-10-6-5-9-15(16)18/h2-11,19H,12H2,1H3,(H,20,21)/b13-11+. The van der Waals surface area contributed by atoms with Crippen molar-refractivity contribution >= 4 is 23.2 Å². The monoisotopic (exact) mass is 300 g/mol. The Morgan fingerprint density at radius 1 is 1.10 bits per heavy atom. The number of para-hydroxylation sites is 1. The van der Waals surface area contributed by atoms with Crippen LogP contribution in [-0.4, -0.2) is 5.91 Å². The zero-order valence-electron chi connectivity index (χ0n) is 11.8. The molecule has 0 fully saturated rings. The van der Waals surface area contributed by atoms with Crippen molar-refractivity contribution in [3.05, 3.63) is 77.0 Å². The minimum Gasteiger partial charge on any atom is -0.384 e. The van der Waals surface area contributed by atoms with Crippen molar-refractivity contribution < 1.29 is 4.79 Å². The third-order valence-electron chi connectivity index (χ3n) is 2.89. The summed E-state index contributed by atoms with van der Waals surface area (Å²) in [7, 11) is 0. The zero-order valence-corrected chi connectivity index (χ0v) is 12.5. The SMILES string of the molecule is C/C(=C\C(=O)Nc1ccccc1Cl)NCc1ccccc1. The Balaban J connectivity index is 1.90. The molecule has 2 rings (SSSR count). The summed E-state index contributed by atoms with van der Waals surface area (Å²) in [6, 6.07) is 17.2. The first-order chi connectivity index (χ1) is 10.1. The maximum absolute atomic E-state index is 11.9. The smallest absolute Gasteiger partial charge is 0.250 e. The average Bonchev–Trinajstić information content (AvgIpc) is 2.48. The highest BCUT2D eigenvalue weighted by Crippen LogP contribution is 2.20. The predicted octanol–water partition coefficient (Wildman–Crippen LogP) is 3.97. The first-order valence-electron chi connectivity index (χ1n) is 6.67. The number of allylic oxidation sites excluding steroid dienone is 1. The van der Waals surface area contributed by atoms with Crippen LogP contribution < -0.4 is 10.6 Å². The molecule has 0 aliphatic heterocycles. The van der Waals surface area contributed by atoms with E-state index in [0.717, 1.165) is 11.3 Å². The van der Waals surface area contributed by atoms with Crippen molar-refractivity contribution in [1.29, 1.82) is 0 Å². The Hall–Kier alpha value is -2.26. The highest BCUT2D eigenvalue weighted by atomic mass is 35.5. The molecule has 0 spiro atoms. The molecule has 2 N–H and O–H groups in total. The van der Waals surface area contributed by atoms with Gasteiger partial charge in [0.15, 0.2) is 0 Å². The molecule has 0 aromatic heterocycles. The van der Waals surface area contributed by atoms with Crippen molar-refractivity contribution in [2.75, 3.05) is 5.32 Å². The number of rotatable bonds is 5. The van der Waals surface area contributed by atoms with Crippen LogP contribution in [0.5, 0.6) is 0 Å². The lowest BCUT2D eigenvalue weighted by atomic mass is 10.2. The van der Waals surface area contributed by atoms with Gasteiger partial charge in [0.1, 0.15) is 0 Å². The molecule has 0 saturated carbocycles. The highest BCUT2D eigenvalue weighted by Gasteiger charge is 2.03. The van der Waals surface area contributed by atoms with E-state index in [2.05, 4.69) is 10.6 Å². The number of amides is 1. The molecule has 2 aromatic rings. The Labute approximate surface area is 129 Å². The molecule has 108 valence electrons. The van der Waals surface area contributed by atoms with Crippen LogP contribution in [0.15, 0.2) is 66.4 Å². The summed E-state index contributed by atoms with van der Waals surface area (Å²) in [5, 5.41) is 6.47. The summed E-state index contributed by atoms with van der Waals surface area (Å²) in [5.74, 6) is -0.207. The summed E-state index contributed by atoms with van der Waals surface area (Å²) < 4.78 is 0. The predicted molar refractivity (Wildman–Crippen MR) is 87.1 cm³/mol. The number of nitrogens with one attached hydrogen (secondary N) is 2. The van der Waals surface area contributed by atoms with Gasteiger partial charge in [-0.15, -0.1) is 0 Å². The molecule has 0 saturated heterocycles. The van der Waals surface area contributed by atoms with Crippen LogP contribution in [0.4, 0.5) is 5.69 Å². The molecule has 2 aromatic carbocycles. The molecule has 0 atom stereocenters. The van der Waals surface area contributed by atoms with Crippen molar-refractivity contribution in [3.8, 4) is 0 Å². The minimum absolute atomic E-state index is 0.207. The van der Waals surface area contributed by atoms with Crippen molar-refractivity contribution in [1.82, 2.24) is 5.32 Å². The quantitative estimate of drug-likeness (QED) is 0.820. The van der Waals surface area contributed by atoms with Gasteiger partial charge in [0.2, 0.25) is 5.91 Å². The number of hydrogen-bond acceptors (Lipinski definition) is 2. The lowest BCUT2D eigenvalue weighted by Crippen LogP contribution is -2.15. The number of anilines is 1. The maximum atomic E-state index is 11.9.